The molecule has 1 N–H and O–H groups in total. The molecular weight excluding hydrogens is 160 g/mol. The van der Waals surface area contributed by atoms with Crippen LogP contribution in [0.3, 0.4) is 0 Å². The third-order valence-electron chi connectivity index (χ3n) is 1.72. The Balaban J connectivity index is 3.29. The van der Waals surface area contributed by atoms with E-state index in [1.807, 2.05) is 20.9 Å². The molecule has 0 bridgehead atoms. The van der Waals surface area contributed by atoms with E-state index >= 15 is 0 Å². The summed E-state index contributed by atoms with van der Waals surface area (Å²) in [4.78, 5) is 4.12. The van der Waals surface area contributed by atoms with Crippen LogP contribution in [0, 0.1) is 13.8 Å². The van der Waals surface area contributed by atoms with E-state index in [0.717, 1.165) is 16.9 Å². The van der Waals surface area contributed by atoms with Crippen molar-refractivity contribution in [1.29, 1.82) is 0 Å². The second-order valence-electron chi connectivity index (χ2n) is 2.44. The highest BCUT2D eigenvalue weighted by molar-refractivity contribution is 6.31. The molecule has 0 atom stereocenters. The molecule has 0 amide bonds. The first-order chi connectivity index (χ1) is 5.16. The smallest absolute Gasteiger partial charge is 0.0639 e. The molecule has 0 unspecified atom stereocenters. The molecule has 11 heavy (non-hydrogen) atoms. The SMILES string of the molecule is CNc1c(C)ncc(Cl)c1C. The van der Waals surface area contributed by atoms with Crippen molar-refractivity contribution in [3.8, 4) is 0 Å². The summed E-state index contributed by atoms with van der Waals surface area (Å²) in [5, 5.41) is 3.77. The molecule has 0 spiro atoms. The maximum absolute atomic E-state index is 5.86. The maximum atomic E-state index is 5.86. The first-order valence-electron chi connectivity index (χ1n) is 3.46. The zero-order valence-electron chi connectivity index (χ0n) is 6.90. The minimum atomic E-state index is 0.708. The highest BCUT2D eigenvalue weighted by Crippen LogP contribution is 2.23. The Morgan fingerprint density at radius 3 is 2.55 bits per heavy atom. The van der Waals surface area contributed by atoms with Crippen LogP contribution >= 0.6 is 11.6 Å². The lowest BCUT2D eigenvalue weighted by molar-refractivity contribution is 1.17. The number of aryl methyl sites for hydroxylation is 1. The summed E-state index contributed by atoms with van der Waals surface area (Å²) in [7, 11) is 1.87. The molecule has 0 saturated heterocycles. The molecule has 3 heteroatoms. The van der Waals surface area contributed by atoms with E-state index in [0.29, 0.717) is 5.02 Å². The summed E-state index contributed by atoms with van der Waals surface area (Å²) in [6.07, 6.45) is 1.67. The van der Waals surface area contributed by atoms with Crippen LogP contribution in [-0.4, -0.2) is 12.0 Å². The first kappa shape index (κ1) is 8.34. The van der Waals surface area contributed by atoms with Crippen molar-refractivity contribution in [2.45, 2.75) is 13.8 Å². The number of anilines is 1. The second-order valence-corrected chi connectivity index (χ2v) is 2.85. The fraction of sp³-hybridized carbons (Fsp3) is 0.375. The van der Waals surface area contributed by atoms with E-state index < -0.39 is 0 Å². The lowest BCUT2D eigenvalue weighted by Crippen LogP contribution is -1.97. The van der Waals surface area contributed by atoms with Crippen LogP contribution in [0.15, 0.2) is 6.20 Å². The number of nitrogens with zero attached hydrogens (tertiary/aromatic N) is 1. The van der Waals surface area contributed by atoms with Gasteiger partial charge in [-0.1, -0.05) is 11.6 Å². The Kier molecular flexibility index (Phi) is 2.35. The summed E-state index contributed by atoms with van der Waals surface area (Å²) >= 11 is 5.86. The Hall–Kier alpha value is -0.760. The van der Waals surface area contributed by atoms with Gasteiger partial charge in [0.2, 0.25) is 0 Å². The Bertz CT molecular complexity index is 271. The van der Waals surface area contributed by atoms with Crippen molar-refractivity contribution < 1.29 is 0 Å². The number of halogens is 1. The molecule has 0 aromatic carbocycles. The van der Waals surface area contributed by atoms with Gasteiger partial charge in [0.25, 0.3) is 0 Å². The minimum absolute atomic E-state index is 0.708. The van der Waals surface area contributed by atoms with Crippen LogP contribution in [0.4, 0.5) is 5.69 Å². The fourth-order valence-corrected chi connectivity index (χ4v) is 1.22. The maximum Gasteiger partial charge on any atom is 0.0639 e. The van der Waals surface area contributed by atoms with Crippen molar-refractivity contribution in [2.24, 2.45) is 0 Å². The number of nitrogens with one attached hydrogen (secondary N) is 1. The molecule has 0 aliphatic heterocycles. The predicted molar refractivity (Wildman–Crippen MR) is 48.3 cm³/mol. The van der Waals surface area contributed by atoms with E-state index in [4.69, 9.17) is 11.6 Å². The predicted octanol–water partition coefficient (Wildman–Crippen LogP) is 2.39. The van der Waals surface area contributed by atoms with Crippen LogP contribution in [0.5, 0.6) is 0 Å². The lowest BCUT2D eigenvalue weighted by Gasteiger charge is -2.08. The van der Waals surface area contributed by atoms with Gasteiger partial charge in [0.05, 0.1) is 16.4 Å². The van der Waals surface area contributed by atoms with Gasteiger partial charge in [0.1, 0.15) is 0 Å². The normalized spacial score (nSPS) is 9.82. The number of pyridine rings is 1. The van der Waals surface area contributed by atoms with Gasteiger partial charge in [-0.05, 0) is 19.4 Å². The molecule has 0 fully saturated rings. The summed E-state index contributed by atoms with van der Waals surface area (Å²) in [5.41, 5.74) is 3.06. The van der Waals surface area contributed by atoms with Gasteiger partial charge in [-0.2, -0.15) is 0 Å². The van der Waals surface area contributed by atoms with E-state index in [-0.39, 0.29) is 0 Å². The van der Waals surface area contributed by atoms with Crippen molar-refractivity contribution in [2.75, 3.05) is 12.4 Å². The molecule has 0 aliphatic rings. The molecule has 1 heterocycles. The molecule has 1 aromatic rings. The number of hydrogen-bond donors (Lipinski definition) is 1. The largest absolute Gasteiger partial charge is 0.386 e. The summed E-state index contributed by atoms with van der Waals surface area (Å²) in [5.74, 6) is 0. The first-order valence-corrected chi connectivity index (χ1v) is 3.84. The van der Waals surface area contributed by atoms with Crippen LogP contribution in [-0.2, 0) is 0 Å². The molecule has 0 aliphatic carbocycles. The van der Waals surface area contributed by atoms with Crippen LogP contribution in [0.25, 0.3) is 0 Å². The Morgan fingerprint density at radius 2 is 2.09 bits per heavy atom. The van der Waals surface area contributed by atoms with Gasteiger partial charge < -0.3 is 5.32 Å². The van der Waals surface area contributed by atoms with Crippen molar-refractivity contribution in [3.05, 3.63) is 22.5 Å². The second kappa shape index (κ2) is 3.09. The Labute approximate surface area is 71.6 Å². The molecule has 0 radical (unpaired) electrons. The number of hydrogen-bond acceptors (Lipinski definition) is 2. The standard InChI is InChI=1S/C8H11ClN2/c1-5-7(9)4-11-6(2)8(5)10-3/h4,10H,1-3H3. The summed E-state index contributed by atoms with van der Waals surface area (Å²) in [6.45, 7) is 3.93. The van der Waals surface area contributed by atoms with Gasteiger partial charge in [0.15, 0.2) is 0 Å². The molecular formula is C8H11ClN2. The van der Waals surface area contributed by atoms with Gasteiger partial charge in [-0.15, -0.1) is 0 Å². The van der Waals surface area contributed by atoms with Crippen LogP contribution < -0.4 is 5.32 Å². The van der Waals surface area contributed by atoms with Crippen molar-refractivity contribution in [1.82, 2.24) is 4.98 Å². The lowest BCUT2D eigenvalue weighted by atomic mass is 10.2. The number of aromatic nitrogens is 1. The average molecular weight is 171 g/mol. The molecule has 2 nitrogen and oxygen atoms in total. The van der Waals surface area contributed by atoms with Gasteiger partial charge >= 0.3 is 0 Å². The minimum Gasteiger partial charge on any atom is -0.386 e. The van der Waals surface area contributed by atoms with Gasteiger partial charge in [0, 0.05) is 13.2 Å². The summed E-state index contributed by atoms with van der Waals surface area (Å²) < 4.78 is 0. The summed E-state index contributed by atoms with van der Waals surface area (Å²) in [6, 6.07) is 0. The quantitative estimate of drug-likeness (QED) is 0.700. The zero-order chi connectivity index (χ0) is 8.43. The van der Waals surface area contributed by atoms with Crippen LogP contribution in [0.2, 0.25) is 5.02 Å². The van der Waals surface area contributed by atoms with Crippen LogP contribution in [0.1, 0.15) is 11.3 Å². The van der Waals surface area contributed by atoms with Crippen molar-refractivity contribution >= 4 is 17.3 Å². The van der Waals surface area contributed by atoms with E-state index in [1.165, 1.54) is 0 Å². The fourth-order valence-electron chi connectivity index (χ4n) is 1.07. The van der Waals surface area contributed by atoms with E-state index in [2.05, 4.69) is 10.3 Å². The highest BCUT2D eigenvalue weighted by Gasteiger charge is 2.04. The van der Waals surface area contributed by atoms with Gasteiger partial charge in [-0.3, -0.25) is 4.98 Å². The zero-order valence-corrected chi connectivity index (χ0v) is 7.66. The van der Waals surface area contributed by atoms with Gasteiger partial charge in [-0.25, -0.2) is 0 Å². The van der Waals surface area contributed by atoms with E-state index in [9.17, 15) is 0 Å². The Morgan fingerprint density at radius 1 is 1.45 bits per heavy atom. The monoisotopic (exact) mass is 170 g/mol. The third-order valence-corrected chi connectivity index (χ3v) is 2.10. The van der Waals surface area contributed by atoms with Crippen molar-refractivity contribution in [3.63, 3.8) is 0 Å². The molecule has 1 rings (SSSR count). The topological polar surface area (TPSA) is 24.9 Å². The van der Waals surface area contributed by atoms with E-state index in [1.54, 1.807) is 6.20 Å². The highest BCUT2D eigenvalue weighted by atomic mass is 35.5. The average Bonchev–Trinajstić information content (AvgIpc) is 1.99. The molecule has 1 aromatic heterocycles. The molecule has 0 saturated carbocycles. The molecule has 60 valence electrons. The number of rotatable bonds is 1. The third kappa shape index (κ3) is 1.46.